The van der Waals surface area contributed by atoms with Crippen molar-refractivity contribution >= 4 is 39.2 Å². The van der Waals surface area contributed by atoms with Gasteiger partial charge in [-0.05, 0) is 23.7 Å². The molecule has 21 heavy (non-hydrogen) atoms. The van der Waals surface area contributed by atoms with Crippen LogP contribution in [0.1, 0.15) is 11.4 Å². The minimum Gasteiger partial charge on any atom is -0.357 e. The van der Waals surface area contributed by atoms with Gasteiger partial charge in [0.05, 0.1) is 17.6 Å². The van der Waals surface area contributed by atoms with Gasteiger partial charge in [-0.3, -0.25) is 0 Å². The first-order valence-corrected chi connectivity index (χ1v) is 7.43. The van der Waals surface area contributed by atoms with Crippen molar-refractivity contribution in [3.05, 3.63) is 40.8 Å². The Hall–Kier alpha value is -2.10. The number of imidazole rings is 1. The molecule has 0 N–H and O–H groups in total. The van der Waals surface area contributed by atoms with Crippen molar-refractivity contribution in [2.24, 2.45) is 7.05 Å². The van der Waals surface area contributed by atoms with Crippen molar-refractivity contribution in [3.63, 3.8) is 0 Å². The van der Waals surface area contributed by atoms with E-state index in [2.05, 4.69) is 20.0 Å². The second-order valence-corrected chi connectivity index (χ2v) is 5.81. The van der Waals surface area contributed by atoms with Crippen molar-refractivity contribution < 1.29 is 0 Å². The molecule has 1 aromatic carbocycles. The summed E-state index contributed by atoms with van der Waals surface area (Å²) in [5.74, 6) is 0.923. The van der Waals surface area contributed by atoms with Crippen LogP contribution in [0.5, 0.6) is 0 Å². The first-order chi connectivity index (χ1) is 10.1. The lowest BCUT2D eigenvalue weighted by atomic mass is 10.3. The summed E-state index contributed by atoms with van der Waals surface area (Å²) in [7, 11) is 3.90. The first kappa shape index (κ1) is 13.9. The minimum atomic E-state index is 0.259. The number of hydrogen-bond acceptors (Lipinski definition) is 5. The third-order valence-corrected chi connectivity index (χ3v) is 4.69. The number of halogens is 1. The summed E-state index contributed by atoms with van der Waals surface area (Å²) in [4.78, 5) is 6.58. The maximum absolute atomic E-state index is 9.16. The third kappa shape index (κ3) is 2.35. The zero-order chi connectivity index (χ0) is 15.0. The number of nitrogens with zero attached hydrogens (tertiary/aromatic N) is 5. The van der Waals surface area contributed by atoms with Gasteiger partial charge in [0.2, 0.25) is 0 Å². The van der Waals surface area contributed by atoms with Crippen LogP contribution in [-0.2, 0) is 13.6 Å². The van der Waals surface area contributed by atoms with Crippen LogP contribution < -0.4 is 4.90 Å². The fraction of sp³-hybridized carbons (Fsp3) is 0.214. The SMILES string of the molecule is CN(Cc1nc2ccccc2n1C)c1snc(Cl)c1C#N. The Morgan fingerprint density at radius 1 is 1.43 bits per heavy atom. The van der Waals surface area contributed by atoms with Crippen LogP contribution in [0.4, 0.5) is 5.00 Å². The number of benzene rings is 1. The number of para-hydroxylation sites is 2. The van der Waals surface area contributed by atoms with Gasteiger partial charge in [0, 0.05) is 14.1 Å². The summed E-state index contributed by atoms with van der Waals surface area (Å²) in [5, 5.41) is 10.2. The monoisotopic (exact) mass is 317 g/mol. The molecule has 2 aromatic heterocycles. The van der Waals surface area contributed by atoms with E-state index in [4.69, 9.17) is 16.9 Å². The smallest absolute Gasteiger partial charge is 0.162 e. The molecule has 0 fully saturated rings. The number of nitriles is 1. The molecule has 0 bridgehead atoms. The Labute approximate surface area is 131 Å². The van der Waals surface area contributed by atoms with Crippen LogP contribution in [-0.4, -0.2) is 21.0 Å². The number of rotatable bonds is 3. The van der Waals surface area contributed by atoms with E-state index in [1.807, 2.05) is 43.3 Å². The molecular formula is C14H12ClN5S. The highest BCUT2D eigenvalue weighted by Gasteiger charge is 2.17. The Balaban J connectivity index is 1.95. The van der Waals surface area contributed by atoms with Gasteiger partial charge in [-0.15, -0.1) is 0 Å². The molecule has 3 rings (SSSR count). The Morgan fingerprint density at radius 3 is 2.90 bits per heavy atom. The molecule has 0 radical (unpaired) electrons. The van der Waals surface area contributed by atoms with Crippen molar-refractivity contribution in [2.45, 2.75) is 6.54 Å². The molecule has 2 heterocycles. The van der Waals surface area contributed by atoms with Crippen molar-refractivity contribution in [1.29, 1.82) is 5.26 Å². The maximum atomic E-state index is 9.16. The largest absolute Gasteiger partial charge is 0.357 e. The number of hydrogen-bond donors (Lipinski definition) is 0. The second kappa shape index (κ2) is 5.35. The van der Waals surface area contributed by atoms with E-state index < -0.39 is 0 Å². The summed E-state index contributed by atoms with van der Waals surface area (Å²) in [6, 6.07) is 10.1. The summed E-state index contributed by atoms with van der Waals surface area (Å²) in [6.07, 6.45) is 0. The van der Waals surface area contributed by atoms with Crippen molar-refractivity contribution in [3.8, 4) is 6.07 Å². The summed E-state index contributed by atoms with van der Waals surface area (Å²) >= 11 is 7.14. The molecule has 5 nitrogen and oxygen atoms in total. The number of aryl methyl sites for hydroxylation is 1. The highest BCUT2D eigenvalue weighted by atomic mass is 35.5. The molecule has 0 atom stereocenters. The zero-order valence-corrected chi connectivity index (χ0v) is 13.1. The van der Waals surface area contributed by atoms with E-state index in [9.17, 15) is 0 Å². The van der Waals surface area contributed by atoms with E-state index in [1.54, 1.807) is 0 Å². The summed E-state index contributed by atoms with van der Waals surface area (Å²) < 4.78 is 6.09. The van der Waals surface area contributed by atoms with Gasteiger partial charge in [-0.1, -0.05) is 23.7 Å². The van der Waals surface area contributed by atoms with Gasteiger partial charge in [0.25, 0.3) is 0 Å². The first-order valence-electron chi connectivity index (χ1n) is 6.28. The van der Waals surface area contributed by atoms with Gasteiger partial charge in [0.1, 0.15) is 22.5 Å². The van der Waals surface area contributed by atoms with E-state index in [1.165, 1.54) is 11.5 Å². The molecule has 0 aliphatic heterocycles. The van der Waals surface area contributed by atoms with Crippen LogP contribution in [0.15, 0.2) is 24.3 Å². The number of aromatic nitrogens is 3. The predicted octanol–water partition coefficient (Wildman–Crippen LogP) is 3.19. The highest BCUT2D eigenvalue weighted by Crippen LogP contribution is 2.31. The predicted molar refractivity (Wildman–Crippen MR) is 84.7 cm³/mol. The van der Waals surface area contributed by atoms with Crippen LogP contribution in [0.2, 0.25) is 5.15 Å². The van der Waals surface area contributed by atoms with Gasteiger partial charge >= 0.3 is 0 Å². The zero-order valence-electron chi connectivity index (χ0n) is 11.5. The van der Waals surface area contributed by atoms with E-state index >= 15 is 0 Å². The molecule has 0 saturated heterocycles. The molecule has 3 aromatic rings. The molecule has 0 aliphatic rings. The summed E-state index contributed by atoms with van der Waals surface area (Å²) in [5.41, 5.74) is 2.47. The summed E-state index contributed by atoms with van der Waals surface area (Å²) in [6.45, 7) is 0.582. The highest BCUT2D eigenvalue weighted by molar-refractivity contribution is 7.10. The van der Waals surface area contributed by atoms with Crippen LogP contribution in [0.25, 0.3) is 11.0 Å². The maximum Gasteiger partial charge on any atom is 0.162 e. The van der Waals surface area contributed by atoms with E-state index in [-0.39, 0.29) is 5.15 Å². The molecule has 106 valence electrons. The van der Waals surface area contributed by atoms with Crippen molar-refractivity contribution in [1.82, 2.24) is 13.9 Å². The average Bonchev–Trinajstić information content (AvgIpc) is 3.00. The third-order valence-electron chi connectivity index (χ3n) is 3.35. The molecule has 0 saturated carbocycles. The van der Waals surface area contributed by atoms with E-state index in [0.29, 0.717) is 12.1 Å². The molecule has 0 spiro atoms. The topological polar surface area (TPSA) is 57.7 Å². The lowest BCUT2D eigenvalue weighted by molar-refractivity contribution is 0.779. The van der Waals surface area contributed by atoms with Crippen LogP contribution in [0.3, 0.4) is 0 Å². The quantitative estimate of drug-likeness (QED) is 0.744. The Kier molecular flexibility index (Phi) is 3.53. The fourth-order valence-corrected chi connectivity index (χ4v) is 3.22. The van der Waals surface area contributed by atoms with Gasteiger partial charge in [-0.2, -0.15) is 9.64 Å². The molecule has 7 heteroatoms. The standard InChI is InChI=1S/C14H12ClN5S/c1-19(14-9(7-16)13(15)18-21-14)8-12-17-10-5-3-4-6-11(10)20(12)2/h3-6H,8H2,1-2H3. The number of fused-ring (bicyclic) bond motifs is 1. The Bertz CT molecular complexity index is 845. The van der Waals surface area contributed by atoms with Crippen molar-refractivity contribution in [2.75, 3.05) is 11.9 Å². The van der Waals surface area contributed by atoms with Crippen LogP contribution >= 0.6 is 23.1 Å². The minimum absolute atomic E-state index is 0.259. The Morgan fingerprint density at radius 2 is 2.19 bits per heavy atom. The lowest BCUT2D eigenvalue weighted by Gasteiger charge is -2.16. The van der Waals surface area contributed by atoms with Crippen LogP contribution in [0, 0.1) is 11.3 Å². The normalized spacial score (nSPS) is 10.8. The second-order valence-electron chi connectivity index (χ2n) is 4.70. The molecule has 0 unspecified atom stereocenters. The van der Waals surface area contributed by atoms with Gasteiger partial charge in [0.15, 0.2) is 5.15 Å². The average molecular weight is 318 g/mol. The lowest BCUT2D eigenvalue weighted by Crippen LogP contribution is -2.18. The molecular weight excluding hydrogens is 306 g/mol. The van der Waals surface area contributed by atoms with E-state index in [0.717, 1.165) is 21.9 Å². The van der Waals surface area contributed by atoms with Gasteiger partial charge < -0.3 is 9.47 Å². The number of anilines is 1. The molecule has 0 amide bonds. The van der Waals surface area contributed by atoms with Gasteiger partial charge in [-0.25, -0.2) is 4.98 Å². The fourth-order valence-electron chi connectivity index (χ4n) is 2.24. The molecule has 0 aliphatic carbocycles.